The van der Waals surface area contributed by atoms with E-state index in [0.717, 1.165) is 35.2 Å². The van der Waals surface area contributed by atoms with Crippen LogP contribution in [-0.4, -0.2) is 6.04 Å². The number of anilines is 2. The third-order valence-electron chi connectivity index (χ3n) is 10.7. The van der Waals surface area contributed by atoms with Crippen LogP contribution in [0.3, 0.4) is 0 Å². The maximum absolute atomic E-state index is 6.71. The molecule has 3 nitrogen and oxygen atoms in total. The van der Waals surface area contributed by atoms with Gasteiger partial charge in [-0.15, -0.1) is 0 Å². The van der Waals surface area contributed by atoms with E-state index in [0.29, 0.717) is 29.7 Å². The molecule has 3 heteroatoms. The Morgan fingerprint density at radius 1 is 0.595 bits per heavy atom. The molecule has 2 aliphatic heterocycles. The van der Waals surface area contributed by atoms with Crippen molar-refractivity contribution in [2.24, 2.45) is 0 Å². The summed E-state index contributed by atoms with van der Waals surface area (Å²) in [5.74, 6) is 1.91. The van der Waals surface area contributed by atoms with Crippen LogP contribution in [0.5, 0.6) is 0 Å². The van der Waals surface area contributed by atoms with Gasteiger partial charge in [-0.05, 0) is 59.1 Å². The van der Waals surface area contributed by atoms with Gasteiger partial charge in [0.1, 0.15) is 11.2 Å². The van der Waals surface area contributed by atoms with Gasteiger partial charge in [-0.1, -0.05) is 98.8 Å². The molecule has 0 bridgehead atoms. The van der Waals surface area contributed by atoms with Crippen LogP contribution < -0.4 is 4.90 Å². The average Bonchev–Trinajstić information content (AvgIpc) is 3.76. The maximum atomic E-state index is 6.71. The van der Waals surface area contributed by atoms with Crippen LogP contribution in [0.2, 0.25) is 0 Å². The average molecular weight is 546 g/mol. The summed E-state index contributed by atoms with van der Waals surface area (Å²) >= 11 is 0. The lowest BCUT2D eigenvalue weighted by Gasteiger charge is -2.37. The summed E-state index contributed by atoms with van der Waals surface area (Å²) in [6, 6.07) is 36.2. The van der Waals surface area contributed by atoms with Crippen molar-refractivity contribution in [2.45, 2.75) is 56.4 Å². The van der Waals surface area contributed by atoms with Crippen LogP contribution in [0.15, 0.2) is 106 Å². The highest BCUT2D eigenvalue weighted by atomic mass is 16.3. The zero-order valence-corrected chi connectivity index (χ0v) is 23.8. The van der Waals surface area contributed by atoms with E-state index in [9.17, 15) is 0 Å². The van der Waals surface area contributed by atoms with Crippen LogP contribution in [0.1, 0.15) is 72.6 Å². The molecule has 10 rings (SSSR count). The summed E-state index contributed by atoms with van der Waals surface area (Å²) in [6.45, 7) is 4.55. The van der Waals surface area contributed by atoms with Crippen molar-refractivity contribution in [1.82, 2.24) is 0 Å². The summed E-state index contributed by atoms with van der Waals surface area (Å²) in [5, 5.41) is 4.77. The molecule has 2 aromatic heterocycles. The fourth-order valence-electron chi connectivity index (χ4n) is 8.76. The van der Waals surface area contributed by atoms with Crippen molar-refractivity contribution >= 4 is 55.3 Å². The first-order valence-electron chi connectivity index (χ1n) is 15.4. The van der Waals surface area contributed by atoms with Gasteiger partial charge in [-0.2, -0.15) is 0 Å². The summed E-state index contributed by atoms with van der Waals surface area (Å²) in [7, 11) is 0. The number of rotatable bonds is 2. The van der Waals surface area contributed by atoms with E-state index in [2.05, 4.69) is 116 Å². The van der Waals surface area contributed by atoms with E-state index in [-0.39, 0.29) is 0 Å². The number of nitrogens with zero attached hydrogens (tertiary/aromatic N) is 1. The van der Waals surface area contributed by atoms with Gasteiger partial charge >= 0.3 is 0 Å². The number of para-hydroxylation sites is 2. The highest BCUT2D eigenvalue weighted by molar-refractivity contribution is 6.15. The molecule has 0 spiro atoms. The molecule has 3 aliphatic rings. The second-order valence-electron chi connectivity index (χ2n) is 13.0. The number of furan rings is 2. The van der Waals surface area contributed by atoms with Crippen molar-refractivity contribution in [1.29, 1.82) is 0 Å². The van der Waals surface area contributed by atoms with Gasteiger partial charge in [0.25, 0.3) is 0 Å². The molecule has 0 N–H and O–H groups in total. The zero-order valence-electron chi connectivity index (χ0n) is 23.8. The molecule has 2 unspecified atom stereocenters. The van der Waals surface area contributed by atoms with Crippen LogP contribution >= 0.6 is 0 Å². The monoisotopic (exact) mass is 545 g/mol. The first-order valence-corrected chi connectivity index (χ1v) is 15.4. The topological polar surface area (TPSA) is 29.5 Å². The Bertz CT molecular complexity index is 2080. The second-order valence-corrected chi connectivity index (χ2v) is 13.0. The SMILES string of the molecule is CC(C)c1ccc(C2CC3c4ccc5c(oc6ccccc65)c4N4c5c(ccc6c5oc5ccccc56)C(C2)C34)cc1. The summed E-state index contributed by atoms with van der Waals surface area (Å²) < 4.78 is 13.4. The predicted molar refractivity (Wildman–Crippen MR) is 171 cm³/mol. The van der Waals surface area contributed by atoms with Gasteiger partial charge in [0, 0.05) is 39.4 Å². The summed E-state index contributed by atoms with van der Waals surface area (Å²) in [5.41, 5.74) is 12.2. The molecule has 0 radical (unpaired) electrons. The minimum atomic E-state index is 0.374. The van der Waals surface area contributed by atoms with Crippen molar-refractivity contribution < 1.29 is 8.83 Å². The fourth-order valence-corrected chi connectivity index (χ4v) is 8.76. The van der Waals surface area contributed by atoms with Crippen molar-refractivity contribution in [3.8, 4) is 0 Å². The molecular weight excluding hydrogens is 514 g/mol. The predicted octanol–water partition coefficient (Wildman–Crippen LogP) is 10.9. The van der Waals surface area contributed by atoms with E-state index >= 15 is 0 Å². The largest absolute Gasteiger partial charge is 0.454 e. The molecule has 1 aliphatic carbocycles. The van der Waals surface area contributed by atoms with E-state index in [1.54, 1.807) is 0 Å². The molecule has 0 saturated heterocycles. The summed E-state index contributed by atoms with van der Waals surface area (Å²) in [6.07, 6.45) is 2.30. The van der Waals surface area contributed by atoms with Gasteiger partial charge in [0.15, 0.2) is 11.2 Å². The number of hydrogen-bond acceptors (Lipinski definition) is 3. The number of fused-ring (bicyclic) bond motifs is 14. The number of benzene rings is 5. The Morgan fingerprint density at radius 3 is 1.64 bits per heavy atom. The molecular formula is C39H31NO2. The standard InChI is InChI=1S/C39H31NO2/c1-21(2)22-11-13-23(14-12-22)24-19-31-27-15-17-29-25-7-3-5-9-33(25)41-38(29)36(27)40-35(31)32(20-24)28-16-18-30-26-8-4-6-10-34(26)42-39(30)37(28)40/h3-18,21,24,31-32,35H,19-20H2,1-2H3. The lowest BCUT2D eigenvalue weighted by Crippen LogP contribution is -2.35. The highest BCUT2D eigenvalue weighted by Gasteiger charge is 2.55. The van der Waals surface area contributed by atoms with E-state index in [1.807, 2.05) is 0 Å². The van der Waals surface area contributed by atoms with Crippen LogP contribution in [0, 0.1) is 0 Å². The Labute approximate surface area is 244 Å². The van der Waals surface area contributed by atoms with Gasteiger partial charge in [-0.25, -0.2) is 0 Å². The Morgan fingerprint density at radius 2 is 1.12 bits per heavy atom. The van der Waals surface area contributed by atoms with Crippen LogP contribution in [0.25, 0.3) is 43.9 Å². The van der Waals surface area contributed by atoms with E-state index in [1.165, 1.54) is 55.2 Å². The Balaban J connectivity index is 1.24. The molecule has 1 fully saturated rings. The molecule has 4 heterocycles. The Kier molecular flexibility index (Phi) is 4.44. The lowest BCUT2D eigenvalue weighted by atomic mass is 9.68. The quantitative estimate of drug-likeness (QED) is 0.216. The molecule has 0 amide bonds. The zero-order chi connectivity index (χ0) is 27.7. The van der Waals surface area contributed by atoms with E-state index in [4.69, 9.17) is 8.83 Å². The fraction of sp³-hybridized carbons (Fsp3) is 0.231. The maximum Gasteiger partial charge on any atom is 0.159 e. The van der Waals surface area contributed by atoms with Crippen LogP contribution in [0.4, 0.5) is 11.4 Å². The third-order valence-corrected chi connectivity index (χ3v) is 10.7. The minimum absolute atomic E-state index is 0.374. The van der Waals surface area contributed by atoms with E-state index < -0.39 is 0 Å². The minimum Gasteiger partial charge on any atom is -0.454 e. The highest BCUT2D eigenvalue weighted by Crippen LogP contribution is 2.66. The van der Waals surface area contributed by atoms with Gasteiger partial charge in [0.05, 0.1) is 11.4 Å². The molecule has 7 aromatic rings. The number of hydrogen-bond donors (Lipinski definition) is 0. The lowest BCUT2D eigenvalue weighted by molar-refractivity contribution is 0.333. The molecule has 204 valence electrons. The van der Waals surface area contributed by atoms with Gasteiger partial charge in [0.2, 0.25) is 0 Å². The summed E-state index contributed by atoms with van der Waals surface area (Å²) in [4.78, 5) is 2.65. The first-order chi connectivity index (χ1) is 20.7. The molecule has 1 saturated carbocycles. The van der Waals surface area contributed by atoms with Crippen molar-refractivity contribution in [3.63, 3.8) is 0 Å². The molecule has 42 heavy (non-hydrogen) atoms. The second kappa shape index (κ2) is 8.07. The molecule has 2 atom stereocenters. The Hall–Kier alpha value is -4.50. The van der Waals surface area contributed by atoms with Crippen molar-refractivity contribution in [3.05, 3.63) is 119 Å². The van der Waals surface area contributed by atoms with Crippen molar-refractivity contribution in [2.75, 3.05) is 4.90 Å². The van der Waals surface area contributed by atoms with Gasteiger partial charge in [-0.3, -0.25) is 0 Å². The van der Waals surface area contributed by atoms with Crippen LogP contribution in [-0.2, 0) is 0 Å². The third kappa shape index (κ3) is 2.86. The first kappa shape index (κ1) is 23.1. The molecule has 5 aromatic carbocycles. The van der Waals surface area contributed by atoms with Gasteiger partial charge < -0.3 is 13.7 Å². The normalized spacial score (nSPS) is 22.5. The smallest absolute Gasteiger partial charge is 0.159 e.